The predicted octanol–water partition coefficient (Wildman–Crippen LogP) is 1.73. The zero-order valence-corrected chi connectivity index (χ0v) is 14.2. The zero-order chi connectivity index (χ0) is 16.7. The predicted molar refractivity (Wildman–Crippen MR) is 85.1 cm³/mol. The number of carbonyl (C=O) groups is 3. The smallest absolute Gasteiger partial charge is 0.305 e. The number of carbonyl (C=O) groups excluding carboxylic acids is 2. The van der Waals surface area contributed by atoms with E-state index in [0.29, 0.717) is 6.54 Å². The number of hydrogen-bond donors (Lipinski definition) is 1. The van der Waals surface area contributed by atoms with Crippen LogP contribution in [0.25, 0.3) is 0 Å². The summed E-state index contributed by atoms with van der Waals surface area (Å²) in [6, 6.07) is 7.45. The topological polar surface area (TPSA) is 77.9 Å². The summed E-state index contributed by atoms with van der Waals surface area (Å²) in [4.78, 5) is 37.0. The molecule has 1 rings (SSSR count). The summed E-state index contributed by atoms with van der Waals surface area (Å²) < 4.78 is 0.886. The fourth-order valence-electron chi connectivity index (χ4n) is 1.79. The Bertz CT molecular complexity index is 562. The minimum absolute atomic E-state index is 0.0665. The zero-order valence-electron chi connectivity index (χ0n) is 12.6. The minimum atomic E-state index is -0.966. The maximum Gasteiger partial charge on any atom is 0.305 e. The monoisotopic (exact) mass is 370 g/mol. The summed E-state index contributed by atoms with van der Waals surface area (Å²) in [5.41, 5.74) is 0.888. The van der Waals surface area contributed by atoms with Crippen molar-refractivity contribution < 1.29 is 19.5 Å². The molecule has 7 heteroatoms. The van der Waals surface area contributed by atoms with Gasteiger partial charge in [-0.3, -0.25) is 14.4 Å². The molecule has 6 nitrogen and oxygen atoms in total. The highest BCUT2D eigenvalue weighted by atomic mass is 79.9. The molecule has 1 aromatic rings. The number of nitrogens with zero attached hydrogens (tertiary/aromatic N) is 2. The van der Waals surface area contributed by atoms with Gasteiger partial charge in [0, 0.05) is 31.5 Å². The first kappa shape index (κ1) is 18.2. The summed E-state index contributed by atoms with van der Waals surface area (Å²) in [5.74, 6) is -1.46. The lowest BCUT2D eigenvalue weighted by Gasteiger charge is -2.25. The molecule has 0 fully saturated rings. The third-order valence-corrected chi connectivity index (χ3v) is 3.61. The summed E-state index contributed by atoms with van der Waals surface area (Å²) in [6.07, 6.45) is -0.135. The maximum atomic E-state index is 12.3. The highest BCUT2D eigenvalue weighted by Gasteiger charge is 2.18. The van der Waals surface area contributed by atoms with Crippen molar-refractivity contribution in [1.82, 2.24) is 9.80 Å². The van der Waals surface area contributed by atoms with E-state index < -0.39 is 5.97 Å². The molecule has 0 aliphatic heterocycles. The molecule has 22 heavy (non-hydrogen) atoms. The molecule has 0 aliphatic rings. The molecule has 1 N–H and O–H groups in total. The SMILES string of the molecule is CC(=O)N(C)CC(=O)N(CCC(=O)O)Cc1cccc(Br)c1. The highest BCUT2D eigenvalue weighted by Crippen LogP contribution is 2.14. The van der Waals surface area contributed by atoms with Gasteiger partial charge in [0.15, 0.2) is 0 Å². The van der Waals surface area contributed by atoms with Gasteiger partial charge in [0.25, 0.3) is 0 Å². The molecule has 0 saturated carbocycles. The molecule has 0 saturated heterocycles. The van der Waals surface area contributed by atoms with Gasteiger partial charge in [-0.15, -0.1) is 0 Å². The lowest BCUT2D eigenvalue weighted by molar-refractivity contribution is -0.141. The number of rotatable bonds is 7. The Morgan fingerprint density at radius 2 is 1.95 bits per heavy atom. The molecule has 0 aromatic heterocycles. The molecule has 0 radical (unpaired) electrons. The van der Waals surface area contributed by atoms with Crippen molar-refractivity contribution in [2.75, 3.05) is 20.1 Å². The van der Waals surface area contributed by atoms with E-state index in [1.807, 2.05) is 24.3 Å². The fourth-order valence-corrected chi connectivity index (χ4v) is 2.24. The van der Waals surface area contributed by atoms with Gasteiger partial charge >= 0.3 is 5.97 Å². The van der Waals surface area contributed by atoms with Crippen LogP contribution in [0.1, 0.15) is 18.9 Å². The van der Waals surface area contributed by atoms with Crippen molar-refractivity contribution in [2.45, 2.75) is 19.9 Å². The van der Waals surface area contributed by atoms with Crippen LogP contribution in [-0.4, -0.2) is 52.8 Å². The summed E-state index contributed by atoms with van der Waals surface area (Å²) in [6.45, 7) is 1.72. The number of hydrogen-bond acceptors (Lipinski definition) is 3. The number of amides is 2. The first-order valence-corrected chi connectivity index (χ1v) is 7.54. The summed E-state index contributed by atoms with van der Waals surface area (Å²) in [5, 5.41) is 8.81. The number of halogens is 1. The van der Waals surface area contributed by atoms with E-state index in [9.17, 15) is 14.4 Å². The first-order chi connectivity index (χ1) is 10.3. The second-order valence-corrected chi connectivity index (χ2v) is 5.88. The van der Waals surface area contributed by atoms with Crippen LogP contribution in [-0.2, 0) is 20.9 Å². The van der Waals surface area contributed by atoms with Crippen LogP contribution in [0.2, 0.25) is 0 Å². The molecular formula is C15H19BrN2O4. The second-order valence-electron chi connectivity index (χ2n) is 4.96. The van der Waals surface area contributed by atoms with E-state index in [1.54, 1.807) is 0 Å². The normalized spacial score (nSPS) is 10.1. The van der Waals surface area contributed by atoms with E-state index in [0.717, 1.165) is 10.0 Å². The van der Waals surface area contributed by atoms with E-state index in [2.05, 4.69) is 15.9 Å². The van der Waals surface area contributed by atoms with Crippen LogP contribution in [0.3, 0.4) is 0 Å². The maximum absolute atomic E-state index is 12.3. The Labute approximate surface area is 137 Å². The van der Waals surface area contributed by atoms with Crippen molar-refractivity contribution in [3.63, 3.8) is 0 Å². The number of carboxylic acid groups (broad SMARTS) is 1. The van der Waals surface area contributed by atoms with E-state index in [4.69, 9.17) is 5.11 Å². The Balaban J connectivity index is 2.80. The van der Waals surface area contributed by atoms with Crippen molar-refractivity contribution in [2.24, 2.45) is 0 Å². The Hall–Kier alpha value is -1.89. The average Bonchev–Trinajstić information content (AvgIpc) is 2.42. The van der Waals surface area contributed by atoms with E-state index >= 15 is 0 Å². The van der Waals surface area contributed by atoms with Crippen LogP contribution >= 0.6 is 15.9 Å². The van der Waals surface area contributed by atoms with Gasteiger partial charge in [0.05, 0.1) is 13.0 Å². The molecule has 0 spiro atoms. The van der Waals surface area contributed by atoms with Gasteiger partial charge in [0.1, 0.15) is 0 Å². The van der Waals surface area contributed by atoms with Crippen LogP contribution in [0.4, 0.5) is 0 Å². The van der Waals surface area contributed by atoms with Crippen LogP contribution in [0, 0.1) is 0 Å². The highest BCUT2D eigenvalue weighted by molar-refractivity contribution is 9.10. The van der Waals surface area contributed by atoms with Crippen molar-refractivity contribution in [3.8, 4) is 0 Å². The number of carboxylic acids is 1. The molecule has 120 valence electrons. The molecule has 1 aromatic carbocycles. The van der Waals surface area contributed by atoms with Crippen LogP contribution in [0.5, 0.6) is 0 Å². The molecule has 0 heterocycles. The molecule has 0 unspecified atom stereocenters. The van der Waals surface area contributed by atoms with Crippen LogP contribution in [0.15, 0.2) is 28.7 Å². The van der Waals surface area contributed by atoms with E-state index in [1.165, 1.54) is 23.8 Å². The summed E-state index contributed by atoms with van der Waals surface area (Å²) >= 11 is 3.36. The number of benzene rings is 1. The van der Waals surface area contributed by atoms with Crippen molar-refractivity contribution >= 4 is 33.7 Å². The molecule has 0 aliphatic carbocycles. The molecule has 2 amide bonds. The lowest BCUT2D eigenvalue weighted by Crippen LogP contribution is -2.41. The summed E-state index contributed by atoms with van der Waals surface area (Å²) in [7, 11) is 1.54. The fraction of sp³-hybridized carbons (Fsp3) is 0.400. The van der Waals surface area contributed by atoms with Crippen molar-refractivity contribution in [3.05, 3.63) is 34.3 Å². The minimum Gasteiger partial charge on any atom is -0.481 e. The van der Waals surface area contributed by atoms with Gasteiger partial charge in [-0.25, -0.2) is 0 Å². The third kappa shape index (κ3) is 6.26. The number of likely N-dealkylation sites (N-methyl/N-ethyl adjacent to an activating group) is 1. The molecular weight excluding hydrogens is 352 g/mol. The Morgan fingerprint density at radius 1 is 1.27 bits per heavy atom. The van der Waals surface area contributed by atoms with E-state index in [-0.39, 0.29) is 31.3 Å². The van der Waals surface area contributed by atoms with Gasteiger partial charge in [-0.2, -0.15) is 0 Å². The Kier molecular flexibility index (Phi) is 7.04. The van der Waals surface area contributed by atoms with Gasteiger partial charge in [-0.1, -0.05) is 28.1 Å². The quantitative estimate of drug-likeness (QED) is 0.792. The van der Waals surface area contributed by atoms with Gasteiger partial charge in [0.2, 0.25) is 11.8 Å². The lowest BCUT2D eigenvalue weighted by atomic mass is 10.2. The average molecular weight is 371 g/mol. The number of aliphatic carboxylic acids is 1. The molecule has 0 atom stereocenters. The van der Waals surface area contributed by atoms with Crippen molar-refractivity contribution in [1.29, 1.82) is 0 Å². The standard InChI is InChI=1S/C15H19BrN2O4/c1-11(19)17(2)10-14(20)18(7-6-15(21)22)9-12-4-3-5-13(16)8-12/h3-5,8H,6-7,9-10H2,1-2H3,(H,21,22). The second kappa shape index (κ2) is 8.53. The molecule has 0 bridgehead atoms. The Morgan fingerprint density at radius 3 is 2.50 bits per heavy atom. The first-order valence-electron chi connectivity index (χ1n) is 6.75. The van der Waals surface area contributed by atoms with Gasteiger partial charge in [-0.05, 0) is 17.7 Å². The largest absolute Gasteiger partial charge is 0.481 e. The van der Waals surface area contributed by atoms with Gasteiger partial charge < -0.3 is 14.9 Å². The van der Waals surface area contributed by atoms with Crippen LogP contribution < -0.4 is 0 Å². The third-order valence-electron chi connectivity index (χ3n) is 3.12.